The van der Waals surface area contributed by atoms with Crippen LogP contribution in [0.3, 0.4) is 0 Å². The number of ether oxygens (including phenoxy) is 2. The summed E-state index contributed by atoms with van der Waals surface area (Å²) in [5.74, 6) is 0.0239. The lowest BCUT2D eigenvalue weighted by molar-refractivity contribution is 0.0846. The number of hydrazine groups is 1. The standard InChI is InChI=1S/C23H30N4O5/c1-5-12-32-19-11-10-18(13-20(19)31-4)22(29)27-26-21(28)17-8-6-16(7-9-17)14-24-23(30)25-15(2)3/h6-11,13,15H,5,12,14H2,1-4H3,(H,26,28)(H,27,29)(H2,24,25,30). The molecule has 32 heavy (non-hydrogen) atoms. The maximum atomic E-state index is 12.4. The van der Waals surface area contributed by atoms with E-state index >= 15 is 0 Å². The first-order valence-electron chi connectivity index (χ1n) is 10.4. The summed E-state index contributed by atoms with van der Waals surface area (Å²) in [6.07, 6.45) is 0.850. The molecule has 0 heterocycles. The van der Waals surface area contributed by atoms with Gasteiger partial charge >= 0.3 is 6.03 Å². The van der Waals surface area contributed by atoms with Gasteiger partial charge < -0.3 is 20.1 Å². The summed E-state index contributed by atoms with van der Waals surface area (Å²) in [5.41, 5.74) is 6.28. The second-order valence-electron chi connectivity index (χ2n) is 7.30. The number of carbonyl (C=O) groups excluding carboxylic acids is 3. The summed E-state index contributed by atoms with van der Waals surface area (Å²) in [7, 11) is 1.49. The van der Waals surface area contributed by atoms with E-state index in [4.69, 9.17) is 9.47 Å². The highest BCUT2D eigenvalue weighted by molar-refractivity contribution is 5.99. The molecule has 0 radical (unpaired) electrons. The molecule has 0 aromatic heterocycles. The highest BCUT2D eigenvalue weighted by atomic mass is 16.5. The Labute approximate surface area is 187 Å². The van der Waals surface area contributed by atoms with Crippen LogP contribution < -0.4 is 31.0 Å². The van der Waals surface area contributed by atoms with Gasteiger partial charge in [-0.2, -0.15) is 0 Å². The van der Waals surface area contributed by atoms with Gasteiger partial charge in [0.2, 0.25) is 0 Å². The average molecular weight is 443 g/mol. The van der Waals surface area contributed by atoms with Gasteiger partial charge in [0, 0.05) is 23.7 Å². The number of hydrogen-bond donors (Lipinski definition) is 4. The van der Waals surface area contributed by atoms with Gasteiger partial charge in [-0.25, -0.2) is 4.79 Å². The van der Waals surface area contributed by atoms with Crippen molar-refractivity contribution in [2.75, 3.05) is 13.7 Å². The van der Waals surface area contributed by atoms with Gasteiger partial charge in [0.25, 0.3) is 11.8 Å². The lowest BCUT2D eigenvalue weighted by atomic mass is 10.1. The molecular weight excluding hydrogens is 412 g/mol. The molecule has 0 aliphatic heterocycles. The van der Waals surface area contributed by atoms with E-state index in [1.54, 1.807) is 42.5 Å². The first-order chi connectivity index (χ1) is 15.3. The highest BCUT2D eigenvalue weighted by Crippen LogP contribution is 2.28. The van der Waals surface area contributed by atoms with Crippen LogP contribution in [0.5, 0.6) is 11.5 Å². The minimum absolute atomic E-state index is 0.0460. The highest BCUT2D eigenvalue weighted by Gasteiger charge is 2.13. The number of methoxy groups -OCH3 is 1. The second kappa shape index (κ2) is 12.2. The molecule has 0 atom stereocenters. The molecule has 0 saturated heterocycles. The van der Waals surface area contributed by atoms with Crippen molar-refractivity contribution in [3.05, 3.63) is 59.2 Å². The molecule has 0 fully saturated rings. The quantitative estimate of drug-likeness (QED) is 0.446. The van der Waals surface area contributed by atoms with Crippen LogP contribution in [0.25, 0.3) is 0 Å². The van der Waals surface area contributed by atoms with E-state index in [1.165, 1.54) is 7.11 Å². The van der Waals surface area contributed by atoms with Crippen LogP contribution >= 0.6 is 0 Å². The first-order valence-corrected chi connectivity index (χ1v) is 10.4. The average Bonchev–Trinajstić information content (AvgIpc) is 2.79. The molecule has 0 aliphatic rings. The van der Waals surface area contributed by atoms with Gasteiger partial charge in [0.05, 0.1) is 13.7 Å². The van der Waals surface area contributed by atoms with Crippen LogP contribution in [0.2, 0.25) is 0 Å². The van der Waals surface area contributed by atoms with Crippen molar-refractivity contribution in [1.29, 1.82) is 0 Å². The maximum absolute atomic E-state index is 12.4. The number of amides is 4. The predicted molar refractivity (Wildman–Crippen MR) is 121 cm³/mol. The fourth-order valence-electron chi connectivity index (χ4n) is 2.67. The number of benzene rings is 2. The zero-order valence-corrected chi connectivity index (χ0v) is 18.8. The summed E-state index contributed by atoms with van der Waals surface area (Å²) >= 11 is 0. The van der Waals surface area contributed by atoms with Crippen LogP contribution in [-0.4, -0.2) is 37.6 Å². The Bertz CT molecular complexity index is 928. The smallest absolute Gasteiger partial charge is 0.315 e. The van der Waals surface area contributed by atoms with Crippen molar-refractivity contribution in [3.8, 4) is 11.5 Å². The lowest BCUT2D eigenvalue weighted by Gasteiger charge is -2.12. The fourth-order valence-corrected chi connectivity index (χ4v) is 2.67. The van der Waals surface area contributed by atoms with Gasteiger partial charge in [0.15, 0.2) is 11.5 Å². The zero-order valence-electron chi connectivity index (χ0n) is 18.8. The van der Waals surface area contributed by atoms with Gasteiger partial charge in [-0.1, -0.05) is 19.1 Å². The van der Waals surface area contributed by atoms with E-state index in [0.29, 0.717) is 35.8 Å². The van der Waals surface area contributed by atoms with Crippen LogP contribution in [0.1, 0.15) is 53.5 Å². The summed E-state index contributed by atoms with van der Waals surface area (Å²) in [5, 5.41) is 5.47. The second-order valence-corrected chi connectivity index (χ2v) is 7.30. The molecule has 2 aromatic carbocycles. The molecular formula is C23H30N4O5. The van der Waals surface area contributed by atoms with Gasteiger partial charge in [-0.15, -0.1) is 0 Å². The zero-order chi connectivity index (χ0) is 23.5. The Hall–Kier alpha value is -3.75. The normalized spacial score (nSPS) is 10.3. The van der Waals surface area contributed by atoms with Crippen LogP contribution in [-0.2, 0) is 6.54 Å². The van der Waals surface area contributed by atoms with Crippen LogP contribution in [0.4, 0.5) is 4.79 Å². The van der Waals surface area contributed by atoms with Gasteiger partial charge in [-0.05, 0) is 56.2 Å². The van der Waals surface area contributed by atoms with Crippen molar-refractivity contribution in [1.82, 2.24) is 21.5 Å². The van der Waals surface area contributed by atoms with E-state index in [9.17, 15) is 14.4 Å². The van der Waals surface area contributed by atoms with Crippen LogP contribution in [0, 0.1) is 0 Å². The van der Waals surface area contributed by atoms with Crippen molar-refractivity contribution < 1.29 is 23.9 Å². The maximum Gasteiger partial charge on any atom is 0.315 e. The Balaban J connectivity index is 1.89. The summed E-state index contributed by atoms with van der Waals surface area (Å²) < 4.78 is 10.8. The predicted octanol–water partition coefficient (Wildman–Crippen LogP) is 2.77. The third kappa shape index (κ3) is 7.50. The molecule has 0 saturated carbocycles. The molecule has 4 N–H and O–H groups in total. The summed E-state index contributed by atoms with van der Waals surface area (Å²) in [4.78, 5) is 36.3. The topological polar surface area (TPSA) is 118 Å². The number of rotatable bonds is 9. The molecule has 0 unspecified atom stereocenters. The number of hydrogen-bond acceptors (Lipinski definition) is 5. The van der Waals surface area contributed by atoms with Crippen LogP contribution in [0.15, 0.2) is 42.5 Å². The lowest BCUT2D eigenvalue weighted by Crippen LogP contribution is -2.41. The summed E-state index contributed by atoms with van der Waals surface area (Å²) in [6, 6.07) is 11.3. The van der Waals surface area contributed by atoms with E-state index < -0.39 is 11.8 Å². The third-order valence-electron chi connectivity index (χ3n) is 4.27. The Morgan fingerprint density at radius 1 is 0.906 bits per heavy atom. The minimum atomic E-state index is -0.490. The number of carbonyl (C=O) groups is 3. The molecule has 2 aromatic rings. The van der Waals surface area contributed by atoms with E-state index in [1.807, 2.05) is 20.8 Å². The third-order valence-corrected chi connectivity index (χ3v) is 4.27. The van der Waals surface area contributed by atoms with E-state index in [2.05, 4.69) is 21.5 Å². The van der Waals surface area contributed by atoms with E-state index in [0.717, 1.165) is 12.0 Å². The van der Waals surface area contributed by atoms with Gasteiger partial charge in [0.1, 0.15) is 0 Å². The molecule has 9 nitrogen and oxygen atoms in total. The molecule has 9 heteroatoms. The molecule has 0 aliphatic carbocycles. The Kier molecular flexibility index (Phi) is 9.34. The number of nitrogens with one attached hydrogen (secondary N) is 4. The van der Waals surface area contributed by atoms with Crippen molar-refractivity contribution >= 4 is 17.8 Å². The number of urea groups is 1. The van der Waals surface area contributed by atoms with E-state index in [-0.39, 0.29) is 12.1 Å². The summed E-state index contributed by atoms with van der Waals surface area (Å²) in [6.45, 7) is 6.61. The van der Waals surface area contributed by atoms with Crippen molar-refractivity contribution in [3.63, 3.8) is 0 Å². The van der Waals surface area contributed by atoms with Gasteiger partial charge in [-0.3, -0.25) is 20.4 Å². The molecule has 172 valence electrons. The Morgan fingerprint density at radius 3 is 2.12 bits per heavy atom. The largest absolute Gasteiger partial charge is 0.493 e. The molecule has 4 amide bonds. The molecule has 0 spiro atoms. The SMILES string of the molecule is CCCOc1ccc(C(=O)NNC(=O)c2ccc(CNC(=O)NC(C)C)cc2)cc1OC. The van der Waals surface area contributed by atoms with Crippen molar-refractivity contribution in [2.45, 2.75) is 39.8 Å². The fraction of sp³-hybridized carbons (Fsp3) is 0.348. The van der Waals surface area contributed by atoms with Crippen molar-refractivity contribution in [2.24, 2.45) is 0 Å². The molecule has 0 bridgehead atoms. The molecule has 2 rings (SSSR count). The first kappa shape index (κ1) is 24.5. The Morgan fingerprint density at radius 2 is 1.53 bits per heavy atom. The minimum Gasteiger partial charge on any atom is -0.493 e. The monoisotopic (exact) mass is 442 g/mol.